The molecule has 1 aliphatic rings. The maximum Gasteiger partial charge on any atom is 0.407 e. The number of hydrogen-bond acceptors (Lipinski definition) is 7. The lowest BCUT2D eigenvalue weighted by Gasteiger charge is -2.17. The first kappa shape index (κ1) is 23.7. The van der Waals surface area contributed by atoms with Gasteiger partial charge in [0.25, 0.3) is 0 Å². The van der Waals surface area contributed by atoms with Gasteiger partial charge in [0.05, 0.1) is 32.4 Å². The van der Waals surface area contributed by atoms with Crippen molar-refractivity contribution in [2.24, 2.45) is 5.16 Å². The van der Waals surface area contributed by atoms with E-state index in [2.05, 4.69) is 25.4 Å². The number of carbonyl (C=O) groups is 3. The van der Waals surface area contributed by atoms with Crippen LogP contribution in [0.15, 0.2) is 29.4 Å². The number of nitrogens with one attached hydrogen (secondary N) is 2. The summed E-state index contributed by atoms with van der Waals surface area (Å²) in [5, 5.41) is 9.00. The number of carbonyl (C=O) groups excluding carboxylic acids is 3. The lowest BCUT2D eigenvalue weighted by Crippen LogP contribution is -2.49. The average molecular weight is 430 g/mol. The summed E-state index contributed by atoms with van der Waals surface area (Å²) in [5.74, 6) is -1.06. The van der Waals surface area contributed by atoms with Gasteiger partial charge < -0.3 is 24.9 Å². The van der Waals surface area contributed by atoms with E-state index in [4.69, 9.17) is 16.1 Å². The van der Waals surface area contributed by atoms with Crippen molar-refractivity contribution in [2.75, 3.05) is 20.3 Å². The molecular weight excluding hydrogens is 404 g/mol. The molecule has 0 fully saturated rings. The maximum absolute atomic E-state index is 12.3. The summed E-state index contributed by atoms with van der Waals surface area (Å²) >= 11 is 0. The number of unbranched alkanes of at least 4 members (excludes halogenated alkanes) is 1. The van der Waals surface area contributed by atoms with Crippen molar-refractivity contribution >= 4 is 29.4 Å². The van der Waals surface area contributed by atoms with Crippen molar-refractivity contribution in [1.29, 1.82) is 0 Å². The molecule has 0 aliphatic carbocycles. The Bertz CT molecular complexity index is 846. The average Bonchev–Trinajstić information content (AvgIpc) is 3.24. The molecule has 2 rings (SSSR count). The Labute approximate surface area is 180 Å². The van der Waals surface area contributed by atoms with E-state index in [9.17, 15) is 14.4 Å². The molecule has 0 aromatic heterocycles. The van der Waals surface area contributed by atoms with Gasteiger partial charge in [0.1, 0.15) is 12.1 Å². The fourth-order valence-electron chi connectivity index (χ4n) is 2.76. The van der Waals surface area contributed by atoms with Crippen LogP contribution in [0.3, 0.4) is 0 Å². The van der Waals surface area contributed by atoms with Gasteiger partial charge in [-0.05, 0) is 12.0 Å². The minimum atomic E-state index is -1.07. The third-order valence-corrected chi connectivity index (χ3v) is 4.49. The predicted octanol–water partition coefficient (Wildman–Crippen LogP) is 2.30. The monoisotopic (exact) mass is 430 g/mol. The highest BCUT2D eigenvalue weighted by atomic mass is 16.6. The predicted molar refractivity (Wildman–Crippen MR) is 112 cm³/mol. The van der Waals surface area contributed by atoms with Crippen LogP contribution >= 0.6 is 0 Å². The minimum absolute atomic E-state index is 0.0297. The second kappa shape index (κ2) is 12.2. The summed E-state index contributed by atoms with van der Waals surface area (Å²) in [7, 11) is 1.19. The molecule has 166 valence electrons. The van der Waals surface area contributed by atoms with Crippen LogP contribution in [0.2, 0.25) is 0 Å². The molecule has 0 bridgehead atoms. The maximum atomic E-state index is 12.3. The molecule has 2 N–H and O–H groups in total. The molecule has 2 atom stereocenters. The third kappa shape index (κ3) is 7.62. The topological polar surface area (TPSA) is 120 Å². The zero-order chi connectivity index (χ0) is 22.6. The van der Waals surface area contributed by atoms with Gasteiger partial charge in [0.2, 0.25) is 5.91 Å². The van der Waals surface area contributed by atoms with E-state index in [0.717, 1.165) is 12.0 Å². The van der Waals surface area contributed by atoms with Crippen LogP contribution in [0.5, 0.6) is 0 Å². The summed E-state index contributed by atoms with van der Waals surface area (Å²) in [6.45, 7) is 9.04. The smallest absolute Gasteiger partial charge is 0.407 e. The van der Waals surface area contributed by atoms with E-state index in [1.54, 1.807) is 24.3 Å². The van der Waals surface area contributed by atoms with Crippen LogP contribution in [-0.2, 0) is 23.9 Å². The third-order valence-electron chi connectivity index (χ3n) is 4.49. The van der Waals surface area contributed by atoms with Gasteiger partial charge in [-0.2, -0.15) is 0 Å². The number of rotatable bonds is 10. The SMILES string of the molecule is [C-]#[N+]c1ccc(C2=NOC(CC(=O)NCC(NC(=O)OCCCC)C(=O)OC)C2)cc1. The van der Waals surface area contributed by atoms with Crippen LogP contribution in [0.25, 0.3) is 4.85 Å². The molecule has 1 aromatic carbocycles. The summed E-state index contributed by atoms with van der Waals surface area (Å²) in [5.41, 5.74) is 2.05. The molecule has 0 saturated heterocycles. The van der Waals surface area contributed by atoms with Crippen molar-refractivity contribution in [3.63, 3.8) is 0 Å². The van der Waals surface area contributed by atoms with Crippen LogP contribution in [-0.4, -0.2) is 56.1 Å². The highest BCUT2D eigenvalue weighted by Crippen LogP contribution is 2.21. The minimum Gasteiger partial charge on any atom is -0.467 e. The Morgan fingerprint density at radius 1 is 1.32 bits per heavy atom. The summed E-state index contributed by atoms with van der Waals surface area (Å²) in [6, 6.07) is 5.88. The van der Waals surface area contributed by atoms with Crippen LogP contribution in [0, 0.1) is 6.57 Å². The Kier molecular flexibility index (Phi) is 9.29. The van der Waals surface area contributed by atoms with Crippen molar-refractivity contribution in [3.05, 3.63) is 41.2 Å². The van der Waals surface area contributed by atoms with Crippen molar-refractivity contribution in [3.8, 4) is 0 Å². The number of hydrogen-bond donors (Lipinski definition) is 2. The number of benzene rings is 1. The van der Waals surface area contributed by atoms with Gasteiger partial charge in [-0.1, -0.05) is 42.8 Å². The largest absolute Gasteiger partial charge is 0.467 e. The van der Waals surface area contributed by atoms with Gasteiger partial charge in [0.15, 0.2) is 5.69 Å². The van der Waals surface area contributed by atoms with Gasteiger partial charge in [0, 0.05) is 13.0 Å². The molecule has 1 aliphatic heterocycles. The molecule has 10 heteroatoms. The number of amides is 2. The van der Waals surface area contributed by atoms with E-state index in [-0.39, 0.29) is 25.5 Å². The number of oxime groups is 1. The molecule has 1 aromatic rings. The second-order valence-corrected chi connectivity index (χ2v) is 6.85. The first-order chi connectivity index (χ1) is 15.0. The van der Waals surface area contributed by atoms with E-state index < -0.39 is 24.2 Å². The molecule has 10 nitrogen and oxygen atoms in total. The Morgan fingerprint density at radius 2 is 2.06 bits per heavy atom. The zero-order valence-corrected chi connectivity index (χ0v) is 17.6. The first-order valence-corrected chi connectivity index (χ1v) is 9.95. The lowest BCUT2D eigenvalue weighted by molar-refractivity contribution is -0.143. The zero-order valence-electron chi connectivity index (χ0n) is 17.6. The summed E-state index contributed by atoms with van der Waals surface area (Å²) in [6.07, 6.45) is 0.848. The normalized spacial score (nSPS) is 15.6. The Morgan fingerprint density at radius 3 is 2.71 bits per heavy atom. The quantitative estimate of drug-likeness (QED) is 0.334. The number of methoxy groups -OCH3 is 1. The second-order valence-electron chi connectivity index (χ2n) is 6.85. The fraction of sp³-hybridized carbons (Fsp3) is 0.476. The van der Waals surface area contributed by atoms with E-state index >= 15 is 0 Å². The van der Waals surface area contributed by atoms with Crippen molar-refractivity contribution in [2.45, 2.75) is 44.8 Å². The standard InChI is InChI=1S/C21H26N4O6/c1-4-5-10-30-21(28)24-18(20(27)29-3)13-23-19(26)12-16-11-17(25-31-16)14-6-8-15(22-2)9-7-14/h6-9,16,18H,4-5,10-13H2,1,3H3,(H,23,26)(H,24,28). The van der Waals surface area contributed by atoms with Gasteiger partial charge >= 0.3 is 12.1 Å². The Balaban J connectivity index is 1.79. The van der Waals surface area contributed by atoms with E-state index in [0.29, 0.717) is 24.2 Å². The molecule has 2 amide bonds. The van der Waals surface area contributed by atoms with E-state index in [1.807, 2.05) is 6.92 Å². The number of esters is 1. The molecular formula is C21H26N4O6. The summed E-state index contributed by atoms with van der Waals surface area (Å²) < 4.78 is 9.63. The number of alkyl carbamates (subject to hydrolysis) is 1. The van der Waals surface area contributed by atoms with E-state index in [1.165, 1.54) is 7.11 Å². The molecule has 0 radical (unpaired) electrons. The van der Waals surface area contributed by atoms with Crippen LogP contribution in [0.4, 0.5) is 10.5 Å². The molecule has 1 heterocycles. The highest BCUT2D eigenvalue weighted by Gasteiger charge is 2.27. The highest BCUT2D eigenvalue weighted by molar-refractivity contribution is 6.01. The summed E-state index contributed by atoms with van der Waals surface area (Å²) in [4.78, 5) is 44.6. The van der Waals surface area contributed by atoms with Crippen molar-refractivity contribution in [1.82, 2.24) is 10.6 Å². The fourth-order valence-corrected chi connectivity index (χ4v) is 2.76. The van der Waals surface area contributed by atoms with Gasteiger partial charge in [-0.15, -0.1) is 0 Å². The Hall–Kier alpha value is -3.61. The molecule has 31 heavy (non-hydrogen) atoms. The van der Waals surface area contributed by atoms with Crippen LogP contribution in [0.1, 0.15) is 38.2 Å². The van der Waals surface area contributed by atoms with Gasteiger partial charge in [-0.25, -0.2) is 14.4 Å². The van der Waals surface area contributed by atoms with Crippen LogP contribution < -0.4 is 10.6 Å². The number of nitrogens with zero attached hydrogens (tertiary/aromatic N) is 2. The van der Waals surface area contributed by atoms with Crippen molar-refractivity contribution < 1.29 is 28.7 Å². The first-order valence-electron chi connectivity index (χ1n) is 9.95. The lowest BCUT2D eigenvalue weighted by atomic mass is 10.0. The number of ether oxygens (including phenoxy) is 2. The van der Waals surface area contributed by atoms with Gasteiger partial charge in [-0.3, -0.25) is 4.79 Å². The molecule has 0 saturated carbocycles. The molecule has 0 spiro atoms. The molecule has 2 unspecified atom stereocenters.